The van der Waals surface area contributed by atoms with Crippen LogP contribution in [-0.4, -0.2) is 67.6 Å². The molecule has 3 aliphatic heterocycles. The second kappa shape index (κ2) is 12.3. The van der Waals surface area contributed by atoms with Gasteiger partial charge < -0.3 is 20.1 Å². The molecule has 0 spiro atoms. The van der Waals surface area contributed by atoms with Gasteiger partial charge in [-0.1, -0.05) is 0 Å². The average Bonchev–Trinajstić information content (AvgIpc) is 2.96. The van der Waals surface area contributed by atoms with Crippen LogP contribution in [0.2, 0.25) is 0 Å². The van der Waals surface area contributed by atoms with Crippen LogP contribution in [0.1, 0.15) is 41.5 Å². The molecule has 1 amide bonds. The van der Waals surface area contributed by atoms with Crippen LogP contribution in [0.3, 0.4) is 0 Å². The van der Waals surface area contributed by atoms with E-state index in [-0.39, 0.29) is 23.9 Å². The molecule has 40 heavy (non-hydrogen) atoms. The summed E-state index contributed by atoms with van der Waals surface area (Å²) in [4.78, 5) is 24.7. The number of aryl methyl sites for hydroxylation is 2. The number of nitriles is 2. The van der Waals surface area contributed by atoms with Gasteiger partial charge in [0, 0.05) is 38.0 Å². The van der Waals surface area contributed by atoms with Crippen LogP contribution >= 0.6 is 0 Å². The van der Waals surface area contributed by atoms with Crippen LogP contribution in [0.5, 0.6) is 5.75 Å². The monoisotopic (exact) mass is 539 g/mol. The highest BCUT2D eigenvalue weighted by Crippen LogP contribution is 2.31. The number of nitrogens with zero attached hydrogens (tertiary/aromatic N) is 5. The number of carbonyl (C=O) groups excluding carboxylic acids is 1. The van der Waals surface area contributed by atoms with Crippen molar-refractivity contribution in [2.24, 2.45) is 15.9 Å². The summed E-state index contributed by atoms with van der Waals surface area (Å²) in [5.41, 5.74) is 3.62. The summed E-state index contributed by atoms with van der Waals surface area (Å²) in [6, 6.07) is 15.1. The molecule has 3 aliphatic rings. The number of guanidine groups is 1. The van der Waals surface area contributed by atoms with E-state index in [4.69, 9.17) is 24.7 Å². The molecule has 206 valence electrons. The standard InChI is InChI=1S/C30H33N7O3/c1-19-13-22(16-32)14-20(2)28(19)40-29-25-17-37(18-27(38)33-24-8-11-39-12-9-24)10-7-26(25)35-30(36-29)34-23-5-3-21(15-31)4-6-23/h3-6,13-14,24-26H,7-12,17-18H2,1-2H3,(H,33,38)(H,34,35). The second-order valence-electron chi connectivity index (χ2n) is 10.5. The molecule has 2 aromatic rings. The van der Waals surface area contributed by atoms with E-state index in [9.17, 15) is 10.1 Å². The quantitative estimate of drug-likeness (QED) is 0.595. The molecular weight excluding hydrogens is 506 g/mol. The molecule has 2 atom stereocenters. The summed E-state index contributed by atoms with van der Waals surface area (Å²) in [6.07, 6.45) is 2.43. The molecule has 0 saturated carbocycles. The molecular formula is C30H33N7O3. The van der Waals surface area contributed by atoms with E-state index in [2.05, 4.69) is 27.7 Å². The third-order valence-electron chi connectivity index (χ3n) is 7.50. The number of piperidine rings is 1. The number of carbonyl (C=O) groups is 1. The first-order valence-corrected chi connectivity index (χ1v) is 13.6. The number of hydrogen-bond donors (Lipinski definition) is 2. The van der Waals surface area contributed by atoms with Crippen LogP contribution in [0.4, 0.5) is 5.69 Å². The summed E-state index contributed by atoms with van der Waals surface area (Å²) >= 11 is 0. The van der Waals surface area contributed by atoms with Crippen molar-refractivity contribution < 1.29 is 14.3 Å². The van der Waals surface area contributed by atoms with Gasteiger partial charge >= 0.3 is 0 Å². The summed E-state index contributed by atoms with van der Waals surface area (Å²) in [6.45, 7) is 6.83. The molecule has 5 rings (SSSR count). The number of benzene rings is 2. The van der Waals surface area contributed by atoms with Gasteiger partial charge in [-0.2, -0.15) is 15.5 Å². The van der Waals surface area contributed by atoms with Gasteiger partial charge in [0.15, 0.2) is 0 Å². The maximum Gasteiger partial charge on any atom is 0.234 e. The highest BCUT2D eigenvalue weighted by atomic mass is 16.5. The highest BCUT2D eigenvalue weighted by Gasteiger charge is 2.38. The lowest BCUT2D eigenvalue weighted by Gasteiger charge is -2.38. The number of ether oxygens (including phenoxy) is 2. The first kappa shape index (κ1) is 27.3. The van der Waals surface area contributed by atoms with Crippen LogP contribution in [-0.2, 0) is 9.53 Å². The van der Waals surface area contributed by atoms with Crippen molar-refractivity contribution in [1.82, 2.24) is 10.2 Å². The number of fused-ring (bicyclic) bond motifs is 1. The fourth-order valence-corrected chi connectivity index (χ4v) is 5.44. The van der Waals surface area contributed by atoms with Crippen molar-refractivity contribution >= 4 is 23.5 Å². The first-order chi connectivity index (χ1) is 19.4. The maximum atomic E-state index is 12.8. The van der Waals surface area contributed by atoms with E-state index < -0.39 is 0 Å². The van der Waals surface area contributed by atoms with Gasteiger partial charge in [0.05, 0.1) is 41.8 Å². The molecule has 3 heterocycles. The van der Waals surface area contributed by atoms with Crippen molar-refractivity contribution in [2.75, 3.05) is 38.2 Å². The Morgan fingerprint density at radius 1 is 1.07 bits per heavy atom. The summed E-state index contributed by atoms with van der Waals surface area (Å²) in [7, 11) is 0. The van der Waals surface area contributed by atoms with Gasteiger partial charge in [-0.05, 0) is 80.6 Å². The Hall–Kier alpha value is -4.25. The Labute approximate surface area is 234 Å². The molecule has 0 aromatic heterocycles. The molecule has 0 radical (unpaired) electrons. The Morgan fingerprint density at radius 2 is 1.77 bits per heavy atom. The lowest BCUT2D eigenvalue weighted by Crippen LogP contribution is -2.52. The van der Waals surface area contributed by atoms with E-state index in [1.807, 2.05) is 26.0 Å². The third-order valence-corrected chi connectivity index (χ3v) is 7.50. The van der Waals surface area contributed by atoms with Crippen molar-refractivity contribution in [3.8, 4) is 17.9 Å². The van der Waals surface area contributed by atoms with Gasteiger partial charge in [0.1, 0.15) is 5.75 Å². The normalized spacial score (nSPS) is 21.2. The van der Waals surface area contributed by atoms with Crippen molar-refractivity contribution in [2.45, 2.75) is 45.2 Å². The predicted molar refractivity (Wildman–Crippen MR) is 151 cm³/mol. The molecule has 2 aromatic carbocycles. The van der Waals surface area contributed by atoms with E-state index in [1.165, 1.54) is 0 Å². The van der Waals surface area contributed by atoms with Crippen LogP contribution in [0.15, 0.2) is 46.4 Å². The molecule has 0 aliphatic carbocycles. The van der Waals surface area contributed by atoms with Crippen molar-refractivity contribution in [3.63, 3.8) is 0 Å². The molecule has 10 nitrogen and oxygen atoms in total. The Bertz CT molecular complexity index is 1370. The summed E-state index contributed by atoms with van der Waals surface area (Å²) < 4.78 is 11.9. The zero-order chi connectivity index (χ0) is 28.1. The third kappa shape index (κ3) is 6.48. The first-order valence-electron chi connectivity index (χ1n) is 13.6. The van der Waals surface area contributed by atoms with Gasteiger partial charge in [0.25, 0.3) is 0 Å². The minimum atomic E-state index is -0.134. The number of anilines is 1. The number of rotatable bonds is 5. The van der Waals surface area contributed by atoms with Crippen LogP contribution < -0.4 is 15.4 Å². The summed E-state index contributed by atoms with van der Waals surface area (Å²) in [5.74, 6) is 1.53. The van der Waals surface area contributed by atoms with E-state index in [0.29, 0.717) is 55.0 Å². The van der Waals surface area contributed by atoms with Crippen LogP contribution in [0, 0.1) is 42.4 Å². The number of likely N-dealkylation sites (tertiary alicyclic amines) is 1. The van der Waals surface area contributed by atoms with Gasteiger partial charge in [0.2, 0.25) is 17.8 Å². The second-order valence-corrected chi connectivity index (χ2v) is 10.5. The lowest BCUT2D eigenvalue weighted by molar-refractivity contribution is -0.123. The molecule has 2 unspecified atom stereocenters. The largest absolute Gasteiger partial charge is 0.442 e. The fraction of sp³-hybridized carbons (Fsp3) is 0.433. The lowest BCUT2D eigenvalue weighted by atomic mass is 9.91. The number of hydrogen-bond acceptors (Lipinski definition) is 9. The minimum absolute atomic E-state index is 0.0195. The molecule has 10 heteroatoms. The minimum Gasteiger partial charge on any atom is -0.442 e. The smallest absolute Gasteiger partial charge is 0.234 e. The Kier molecular flexibility index (Phi) is 8.40. The Morgan fingerprint density at radius 3 is 2.45 bits per heavy atom. The van der Waals surface area contributed by atoms with Crippen molar-refractivity contribution in [1.29, 1.82) is 10.5 Å². The fourth-order valence-electron chi connectivity index (χ4n) is 5.44. The number of amides is 1. The maximum absolute atomic E-state index is 12.8. The van der Waals surface area contributed by atoms with E-state index >= 15 is 0 Å². The topological polar surface area (TPSA) is 135 Å². The van der Waals surface area contributed by atoms with Crippen LogP contribution in [0.25, 0.3) is 0 Å². The summed E-state index contributed by atoms with van der Waals surface area (Å²) in [5, 5.41) is 24.9. The van der Waals surface area contributed by atoms with E-state index in [0.717, 1.165) is 42.6 Å². The average molecular weight is 540 g/mol. The van der Waals surface area contributed by atoms with Crippen molar-refractivity contribution in [3.05, 3.63) is 58.7 Å². The van der Waals surface area contributed by atoms with Gasteiger partial charge in [-0.15, -0.1) is 0 Å². The van der Waals surface area contributed by atoms with Gasteiger partial charge in [-0.25, -0.2) is 4.99 Å². The predicted octanol–water partition coefficient (Wildman–Crippen LogP) is 3.29. The zero-order valence-corrected chi connectivity index (χ0v) is 22.8. The SMILES string of the molecule is Cc1cc(C#N)cc(C)c1OC1=NC(Nc2ccc(C#N)cc2)=NC2CCN(CC(=O)NC3CCOCC3)CC12. The van der Waals surface area contributed by atoms with Gasteiger partial charge in [-0.3, -0.25) is 9.69 Å². The number of aliphatic imine (C=N–C) groups is 2. The van der Waals surface area contributed by atoms with E-state index in [1.54, 1.807) is 24.3 Å². The molecule has 2 fully saturated rings. The molecule has 2 N–H and O–H groups in total. The molecule has 0 bridgehead atoms. The molecule has 2 saturated heterocycles. The zero-order valence-electron chi connectivity index (χ0n) is 22.8. The number of nitrogens with one attached hydrogen (secondary N) is 2. The Balaban J connectivity index is 1.35. The highest BCUT2D eigenvalue weighted by molar-refractivity contribution is 6.04.